The zero-order valence-corrected chi connectivity index (χ0v) is 13.1. The van der Waals surface area contributed by atoms with Crippen molar-refractivity contribution in [2.24, 2.45) is 0 Å². The van der Waals surface area contributed by atoms with Crippen molar-refractivity contribution in [1.29, 1.82) is 0 Å². The van der Waals surface area contributed by atoms with Gasteiger partial charge >= 0.3 is 0 Å². The predicted octanol–water partition coefficient (Wildman–Crippen LogP) is 4.32. The van der Waals surface area contributed by atoms with Crippen molar-refractivity contribution in [3.8, 4) is 0 Å². The number of hydrogen-bond donors (Lipinski definition) is 2. The van der Waals surface area contributed by atoms with E-state index in [-0.39, 0.29) is 11.8 Å². The fourth-order valence-electron chi connectivity index (χ4n) is 2.33. The van der Waals surface area contributed by atoms with Crippen LogP contribution < -0.4 is 10.6 Å². The largest absolute Gasteiger partial charge is 0.324 e. The molecule has 0 aliphatic carbocycles. The molecule has 0 fully saturated rings. The molecule has 2 N–H and O–H groups in total. The van der Waals surface area contributed by atoms with Crippen molar-refractivity contribution in [2.45, 2.75) is 39.5 Å². The van der Waals surface area contributed by atoms with Crippen molar-refractivity contribution >= 4 is 34.0 Å². The Hall–Kier alpha value is -2.36. The maximum Gasteiger partial charge on any atom is 0.224 e. The van der Waals surface area contributed by atoms with Crippen LogP contribution in [-0.4, -0.2) is 11.8 Å². The SMILES string of the molecule is CCCC(=O)Nc1cc2ccccc2cc1NC(=O)CCC. The lowest BCUT2D eigenvalue weighted by molar-refractivity contribution is -0.117. The highest BCUT2D eigenvalue weighted by Crippen LogP contribution is 2.29. The maximum absolute atomic E-state index is 11.9. The summed E-state index contributed by atoms with van der Waals surface area (Å²) in [5, 5.41) is 7.86. The third kappa shape index (κ3) is 4.07. The first kappa shape index (κ1) is 16.0. The van der Waals surface area contributed by atoms with Crippen molar-refractivity contribution in [2.75, 3.05) is 10.6 Å². The molecular formula is C18H22N2O2. The first-order chi connectivity index (χ1) is 10.6. The lowest BCUT2D eigenvalue weighted by Crippen LogP contribution is -2.16. The highest BCUT2D eigenvalue weighted by atomic mass is 16.2. The predicted molar refractivity (Wildman–Crippen MR) is 91.0 cm³/mol. The molecule has 0 aliphatic heterocycles. The van der Waals surface area contributed by atoms with Gasteiger partial charge in [0.15, 0.2) is 0 Å². The van der Waals surface area contributed by atoms with Crippen molar-refractivity contribution < 1.29 is 9.59 Å². The van der Waals surface area contributed by atoms with Crippen LogP contribution >= 0.6 is 0 Å². The normalized spacial score (nSPS) is 10.5. The Kier molecular flexibility index (Phi) is 5.53. The van der Waals surface area contributed by atoms with Gasteiger partial charge in [-0.2, -0.15) is 0 Å². The van der Waals surface area contributed by atoms with Crippen molar-refractivity contribution in [1.82, 2.24) is 0 Å². The van der Waals surface area contributed by atoms with Crippen molar-refractivity contribution in [3.05, 3.63) is 36.4 Å². The van der Waals surface area contributed by atoms with Crippen LogP contribution in [0.1, 0.15) is 39.5 Å². The molecule has 0 aliphatic rings. The molecule has 0 saturated heterocycles. The maximum atomic E-state index is 11.9. The molecule has 0 radical (unpaired) electrons. The van der Waals surface area contributed by atoms with Crippen LogP contribution in [0, 0.1) is 0 Å². The molecule has 0 bridgehead atoms. The van der Waals surface area contributed by atoms with Gasteiger partial charge in [-0.1, -0.05) is 38.1 Å². The summed E-state index contributed by atoms with van der Waals surface area (Å²) in [5.74, 6) is -0.0763. The topological polar surface area (TPSA) is 58.2 Å². The molecule has 2 aromatic carbocycles. The van der Waals surface area contributed by atoms with Gasteiger partial charge in [-0.25, -0.2) is 0 Å². The number of amides is 2. The molecule has 0 aromatic heterocycles. The quantitative estimate of drug-likeness (QED) is 0.834. The van der Waals surface area contributed by atoms with Gasteiger partial charge in [-0.3, -0.25) is 9.59 Å². The second kappa shape index (κ2) is 7.59. The number of fused-ring (bicyclic) bond motifs is 1. The summed E-state index contributed by atoms with van der Waals surface area (Å²) in [6.45, 7) is 3.92. The van der Waals surface area contributed by atoms with E-state index in [1.807, 2.05) is 50.2 Å². The van der Waals surface area contributed by atoms with E-state index in [0.717, 1.165) is 23.6 Å². The molecular weight excluding hydrogens is 276 g/mol. The Morgan fingerprint density at radius 3 is 1.59 bits per heavy atom. The Balaban J connectivity index is 2.36. The monoisotopic (exact) mass is 298 g/mol. The molecule has 2 amide bonds. The van der Waals surface area contributed by atoms with Gasteiger partial charge in [0.25, 0.3) is 0 Å². The third-order valence-corrected chi connectivity index (χ3v) is 3.39. The van der Waals surface area contributed by atoms with Gasteiger partial charge in [0.05, 0.1) is 11.4 Å². The highest BCUT2D eigenvalue weighted by molar-refractivity contribution is 6.04. The minimum Gasteiger partial charge on any atom is -0.324 e. The van der Waals surface area contributed by atoms with Crippen LogP contribution in [0.25, 0.3) is 10.8 Å². The minimum atomic E-state index is -0.0382. The number of hydrogen-bond acceptors (Lipinski definition) is 2. The van der Waals surface area contributed by atoms with Crippen LogP contribution in [0.5, 0.6) is 0 Å². The van der Waals surface area contributed by atoms with E-state index in [0.29, 0.717) is 24.2 Å². The number of anilines is 2. The highest BCUT2D eigenvalue weighted by Gasteiger charge is 2.10. The van der Waals surface area contributed by atoms with E-state index in [1.54, 1.807) is 0 Å². The van der Waals surface area contributed by atoms with Gasteiger partial charge in [0, 0.05) is 12.8 Å². The second-order valence-corrected chi connectivity index (χ2v) is 5.34. The summed E-state index contributed by atoms with van der Waals surface area (Å²) >= 11 is 0. The first-order valence-electron chi connectivity index (χ1n) is 7.76. The Bertz CT molecular complexity index is 621. The molecule has 0 unspecified atom stereocenters. The average molecular weight is 298 g/mol. The van der Waals surface area contributed by atoms with E-state index in [4.69, 9.17) is 0 Å². The molecule has 0 heterocycles. The summed E-state index contributed by atoms with van der Waals surface area (Å²) in [7, 11) is 0. The summed E-state index contributed by atoms with van der Waals surface area (Å²) in [6, 6.07) is 11.7. The molecule has 4 heteroatoms. The molecule has 4 nitrogen and oxygen atoms in total. The van der Waals surface area contributed by atoms with Crippen molar-refractivity contribution in [3.63, 3.8) is 0 Å². The fraction of sp³-hybridized carbons (Fsp3) is 0.333. The van der Waals surface area contributed by atoms with E-state index < -0.39 is 0 Å². The minimum absolute atomic E-state index is 0.0382. The molecule has 116 valence electrons. The number of rotatable bonds is 6. The number of benzene rings is 2. The van der Waals surface area contributed by atoms with Gasteiger partial charge < -0.3 is 10.6 Å². The van der Waals surface area contributed by atoms with E-state index >= 15 is 0 Å². The Morgan fingerprint density at radius 2 is 1.23 bits per heavy atom. The molecule has 2 rings (SSSR count). The van der Waals surface area contributed by atoms with Gasteiger partial charge in [-0.05, 0) is 35.7 Å². The molecule has 2 aromatic rings. The Morgan fingerprint density at radius 1 is 0.818 bits per heavy atom. The van der Waals surface area contributed by atoms with Crippen LogP contribution in [0.3, 0.4) is 0 Å². The summed E-state index contributed by atoms with van der Waals surface area (Å²) in [6.07, 6.45) is 2.51. The van der Waals surface area contributed by atoms with Crippen LogP contribution in [0.4, 0.5) is 11.4 Å². The zero-order chi connectivity index (χ0) is 15.9. The lowest BCUT2D eigenvalue weighted by atomic mass is 10.1. The first-order valence-corrected chi connectivity index (χ1v) is 7.76. The molecule has 0 saturated carbocycles. The molecule has 0 atom stereocenters. The van der Waals surface area contributed by atoms with Gasteiger partial charge in [-0.15, -0.1) is 0 Å². The average Bonchev–Trinajstić information content (AvgIpc) is 2.48. The molecule has 22 heavy (non-hydrogen) atoms. The van der Waals surface area contributed by atoms with Gasteiger partial charge in [0.1, 0.15) is 0 Å². The van der Waals surface area contributed by atoms with E-state index in [2.05, 4.69) is 10.6 Å². The van der Waals surface area contributed by atoms with Gasteiger partial charge in [0.2, 0.25) is 11.8 Å². The van der Waals surface area contributed by atoms with Crippen LogP contribution in [0.15, 0.2) is 36.4 Å². The number of nitrogens with one attached hydrogen (secondary N) is 2. The molecule has 0 spiro atoms. The van der Waals surface area contributed by atoms with Crippen LogP contribution in [0.2, 0.25) is 0 Å². The standard InChI is InChI=1S/C18H22N2O2/c1-3-7-17(21)19-15-11-13-9-5-6-10-14(13)12-16(15)20-18(22)8-4-2/h5-6,9-12H,3-4,7-8H2,1-2H3,(H,19,21)(H,20,22). The number of carbonyl (C=O) groups is 2. The lowest BCUT2D eigenvalue weighted by Gasteiger charge is -2.14. The van der Waals surface area contributed by atoms with Crippen LogP contribution in [-0.2, 0) is 9.59 Å². The smallest absolute Gasteiger partial charge is 0.224 e. The van der Waals surface area contributed by atoms with E-state index in [9.17, 15) is 9.59 Å². The third-order valence-electron chi connectivity index (χ3n) is 3.39. The fourth-order valence-corrected chi connectivity index (χ4v) is 2.33. The summed E-state index contributed by atoms with van der Waals surface area (Å²) in [4.78, 5) is 23.8. The summed E-state index contributed by atoms with van der Waals surface area (Å²) in [5.41, 5.74) is 1.31. The second-order valence-electron chi connectivity index (χ2n) is 5.34. The van der Waals surface area contributed by atoms with E-state index in [1.165, 1.54) is 0 Å². The summed E-state index contributed by atoms with van der Waals surface area (Å²) < 4.78 is 0. The Labute approximate surface area is 130 Å². The zero-order valence-electron chi connectivity index (χ0n) is 13.1. The number of carbonyl (C=O) groups excluding carboxylic acids is 2.